The summed E-state index contributed by atoms with van der Waals surface area (Å²) in [5.41, 5.74) is 0.878. The number of hydrogen-bond donors (Lipinski definition) is 2. The van der Waals surface area contributed by atoms with Gasteiger partial charge in [0.2, 0.25) is 0 Å². The van der Waals surface area contributed by atoms with Crippen LogP contribution in [-0.4, -0.2) is 35.4 Å². The second-order valence-corrected chi connectivity index (χ2v) is 5.42. The lowest BCUT2D eigenvalue weighted by molar-refractivity contribution is 0.179. The van der Waals surface area contributed by atoms with Crippen molar-refractivity contribution in [2.24, 2.45) is 0 Å². The third-order valence-corrected chi connectivity index (χ3v) is 3.64. The molecule has 0 bridgehead atoms. The first-order valence-corrected chi connectivity index (χ1v) is 7.74. The fourth-order valence-electron chi connectivity index (χ4n) is 2.45. The lowest BCUT2D eigenvalue weighted by Crippen LogP contribution is -2.36. The average Bonchev–Trinajstić information content (AvgIpc) is 3.02. The smallest absolute Gasteiger partial charge is 0.139 e. The molecule has 2 N–H and O–H groups in total. The van der Waals surface area contributed by atoms with Gasteiger partial charge < -0.3 is 15.2 Å². The molecule has 1 unspecified atom stereocenters. The molecule has 0 aromatic carbocycles. The molecule has 130 valence electrons. The molecule has 0 saturated carbocycles. The Morgan fingerprint density at radius 1 is 1.39 bits per heavy atom. The summed E-state index contributed by atoms with van der Waals surface area (Å²) in [6.07, 6.45) is 8.55. The van der Waals surface area contributed by atoms with Crippen molar-refractivity contribution >= 4 is 24.8 Å². The summed E-state index contributed by atoms with van der Waals surface area (Å²) < 4.78 is 5.96. The van der Waals surface area contributed by atoms with Crippen LogP contribution in [0.2, 0.25) is 0 Å². The van der Waals surface area contributed by atoms with E-state index in [0.717, 1.165) is 37.1 Å². The maximum atomic E-state index is 8.71. The fraction of sp³-hybridized carbons (Fsp3) is 0.588. The number of pyridine rings is 1. The van der Waals surface area contributed by atoms with Gasteiger partial charge >= 0.3 is 0 Å². The summed E-state index contributed by atoms with van der Waals surface area (Å²) in [6.45, 7) is 3.41. The van der Waals surface area contributed by atoms with Gasteiger partial charge in [0.25, 0.3) is 0 Å². The monoisotopic (exact) mass is 360 g/mol. The van der Waals surface area contributed by atoms with Crippen LogP contribution in [0.15, 0.2) is 18.5 Å². The Bertz CT molecular complexity index is 497. The second-order valence-electron chi connectivity index (χ2n) is 5.42. The van der Waals surface area contributed by atoms with Gasteiger partial charge in [-0.05, 0) is 45.2 Å². The number of aromatic nitrogens is 1. The average molecular weight is 361 g/mol. The highest BCUT2D eigenvalue weighted by Crippen LogP contribution is 2.17. The number of nitrogens with one attached hydrogen (secondary N) is 1. The summed E-state index contributed by atoms with van der Waals surface area (Å²) in [6, 6.07) is 2.37. The van der Waals surface area contributed by atoms with Crippen molar-refractivity contribution in [1.29, 1.82) is 0 Å². The van der Waals surface area contributed by atoms with Crippen LogP contribution in [0.5, 0.6) is 5.75 Å². The van der Waals surface area contributed by atoms with Gasteiger partial charge in [0.1, 0.15) is 11.9 Å². The number of ether oxygens (including phenoxy) is 1. The molecule has 2 rings (SSSR count). The molecule has 2 heterocycles. The highest BCUT2D eigenvalue weighted by molar-refractivity contribution is 5.85. The molecule has 0 spiro atoms. The van der Waals surface area contributed by atoms with Crippen LogP contribution in [0.25, 0.3) is 0 Å². The first kappa shape index (κ1) is 22.0. The molecule has 1 saturated heterocycles. The first-order valence-electron chi connectivity index (χ1n) is 7.74. The minimum Gasteiger partial charge on any atom is -0.487 e. The zero-order valence-electron chi connectivity index (χ0n) is 13.5. The van der Waals surface area contributed by atoms with Crippen LogP contribution in [0, 0.1) is 11.8 Å². The van der Waals surface area contributed by atoms with Crippen molar-refractivity contribution in [2.75, 3.05) is 13.2 Å². The molecule has 0 aliphatic carbocycles. The van der Waals surface area contributed by atoms with E-state index in [4.69, 9.17) is 9.84 Å². The third-order valence-electron chi connectivity index (χ3n) is 3.64. The minimum absolute atomic E-state index is 0. The zero-order valence-corrected chi connectivity index (χ0v) is 15.1. The lowest BCUT2D eigenvalue weighted by atomic mass is 10.1. The Hall–Kier alpha value is -0.990. The van der Waals surface area contributed by atoms with Crippen molar-refractivity contribution in [3.8, 4) is 17.6 Å². The number of hydrogen-bond acceptors (Lipinski definition) is 4. The molecule has 0 amide bonds. The van der Waals surface area contributed by atoms with E-state index in [-0.39, 0.29) is 37.5 Å². The van der Waals surface area contributed by atoms with E-state index in [0.29, 0.717) is 6.04 Å². The summed E-state index contributed by atoms with van der Waals surface area (Å²) in [4.78, 5) is 4.19. The van der Waals surface area contributed by atoms with Crippen molar-refractivity contribution in [3.63, 3.8) is 0 Å². The molecular formula is C17H26Cl2N2O2. The normalized spacial score (nSPS) is 17.2. The maximum Gasteiger partial charge on any atom is 0.139 e. The number of aliphatic hydroxyl groups excluding tert-OH is 1. The molecule has 1 fully saturated rings. The Morgan fingerprint density at radius 2 is 2.22 bits per heavy atom. The standard InChI is InChI=1S/C17H24N2O2.2ClH/c1-14(17-8-6-9-19-17)21-16-11-15(12-18-13-16)7-4-2-3-5-10-20;;/h11-14,17,19-20H,2-3,5-6,8-10H2,1H3;2*1H/t14?,17-;;/m0../s1. The lowest BCUT2D eigenvalue weighted by Gasteiger charge is -2.20. The van der Waals surface area contributed by atoms with Crippen LogP contribution >= 0.6 is 24.8 Å². The number of unbranched alkanes of at least 4 members (excludes halogenated alkanes) is 2. The summed E-state index contributed by atoms with van der Waals surface area (Å²) in [5.74, 6) is 6.98. The largest absolute Gasteiger partial charge is 0.487 e. The summed E-state index contributed by atoms with van der Waals surface area (Å²) >= 11 is 0. The van der Waals surface area contributed by atoms with Crippen LogP contribution in [0.1, 0.15) is 44.6 Å². The Morgan fingerprint density at radius 3 is 2.91 bits per heavy atom. The SMILES string of the molecule is CC(Oc1cncc(C#CCCCCO)c1)[C@@H]1CCCN1.Cl.Cl. The van der Waals surface area contributed by atoms with Crippen LogP contribution in [0.4, 0.5) is 0 Å². The Labute approximate surface area is 151 Å². The van der Waals surface area contributed by atoms with Crippen LogP contribution < -0.4 is 10.1 Å². The molecule has 23 heavy (non-hydrogen) atoms. The highest BCUT2D eigenvalue weighted by Gasteiger charge is 2.22. The maximum absolute atomic E-state index is 8.71. The van der Waals surface area contributed by atoms with E-state index in [1.165, 1.54) is 12.8 Å². The first-order chi connectivity index (χ1) is 10.3. The van der Waals surface area contributed by atoms with Crippen LogP contribution in [0.3, 0.4) is 0 Å². The quantitative estimate of drug-likeness (QED) is 0.604. The van der Waals surface area contributed by atoms with Gasteiger partial charge in [0, 0.05) is 30.8 Å². The van der Waals surface area contributed by atoms with Crippen molar-refractivity contribution in [2.45, 2.75) is 51.2 Å². The summed E-state index contributed by atoms with van der Waals surface area (Å²) in [5, 5.41) is 12.2. The fourth-order valence-corrected chi connectivity index (χ4v) is 2.45. The van der Waals surface area contributed by atoms with E-state index in [1.807, 2.05) is 6.07 Å². The molecule has 4 nitrogen and oxygen atoms in total. The van der Waals surface area contributed by atoms with E-state index >= 15 is 0 Å². The van der Waals surface area contributed by atoms with Gasteiger partial charge in [-0.25, -0.2) is 0 Å². The van der Waals surface area contributed by atoms with Crippen molar-refractivity contribution in [1.82, 2.24) is 10.3 Å². The zero-order chi connectivity index (χ0) is 14.9. The van der Waals surface area contributed by atoms with Gasteiger partial charge in [-0.3, -0.25) is 4.98 Å². The number of aliphatic hydroxyl groups is 1. The number of rotatable bonds is 6. The highest BCUT2D eigenvalue weighted by atomic mass is 35.5. The van der Waals surface area contributed by atoms with Gasteiger partial charge in [0.05, 0.1) is 6.20 Å². The van der Waals surface area contributed by atoms with E-state index in [9.17, 15) is 0 Å². The van der Waals surface area contributed by atoms with Gasteiger partial charge in [-0.2, -0.15) is 0 Å². The second kappa shape index (κ2) is 12.4. The molecular weight excluding hydrogens is 335 g/mol. The predicted molar refractivity (Wildman–Crippen MR) is 97.7 cm³/mol. The molecule has 1 aliphatic rings. The summed E-state index contributed by atoms with van der Waals surface area (Å²) in [7, 11) is 0. The number of halogens is 2. The van der Waals surface area contributed by atoms with Gasteiger partial charge in [0.15, 0.2) is 0 Å². The van der Waals surface area contributed by atoms with Crippen molar-refractivity contribution in [3.05, 3.63) is 24.0 Å². The third kappa shape index (κ3) is 7.90. The van der Waals surface area contributed by atoms with Crippen molar-refractivity contribution < 1.29 is 9.84 Å². The minimum atomic E-state index is 0. The topological polar surface area (TPSA) is 54.4 Å². The molecule has 6 heteroatoms. The molecule has 2 atom stereocenters. The van der Waals surface area contributed by atoms with Gasteiger partial charge in [-0.1, -0.05) is 11.8 Å². The van der Waals surface area contributed by atoms with Crippen LogP contribution in [-0.2, 0) is 0 Å². The molecule has 1 aromatic rings. The predicted octanol–water partition coefficient (Wildman–Crippen LogP) is 2.96. The van der Waals surface area contributed by atoms with E-state index in [1.54, 1.807) is 12.4 Å². The molecule has 1 aromatic heterocycles. The molecule has 1 aliphatic heterocycles. The van der Waals surface area contributed by atoms with E-state index in [2.05, 4.69) is 29.1 Å². The Kier molecular flexibility index (Phi) is 11.9. The van der Waals surface area contributed by atoms with Gasteiger partial charge in [-0.15, -0.1) is 24.8 Å². The molecule has 0 radical (unpaired) electrons. The van der Waals surface area contributed by atoms with E-state index < -0.39 is 0 Å². The Balaban J connectivity index is 0.00000242. The number of nitrogens with zero attached hydrogens (tertiary/aromatic N) is 1.